The van der Waals surface area contributed by atoms with E-state index in [4.69, 9.17) is 5.11 Å². The molecule has 0 spiro atoms. The number of hydrogen-bond acceptors (Lipinski definition) is 3. The Morgan fingerprint density at radius 2 is 2.00 bits per heavy atom. The summed E-state index contributed by atoms with van der Waals surface area (Å²) in [6.45, 7) is 0. The van der Waals surface area contributed by atoms with E-state index in [1.54, 1.807) is 24.5 Å². The monoisotopic (exact) mass is 212 g/mol. The van der Waals surface area contributed by atoms with Crippen molar-refractivity contribution in [1.29, 1.82) is 0 Å². The molecule has 0 unspecified atom stereocenters. The van der Waals surface area contributed by atoms with Gasteiger partial charge in [0.15, 0.2) is 0 Å². The average Bonchev–Trinajstić information content (AvgIpc) is 2.28. The van der Waals surface area contributed by atoms with E-state index in [1.165, 1.54) is 0 Å². The van der Waals surface area contributed by atoms with Gasteiger partial charge in [0.25, 0.3) is 0 Å². The Morgan fingerprint density at radius 3 is 2.75 bits per heavy atom. The van der Waals surface area contributed by atoms with Crippen molar-refractivity contribution >= 4 is 17.0 Å². The molecule has 1 N–H and O–H groups in total. The van der Waals surface area contributed by atoms with Gasteiger partial charge in [-0.05, 0) is 18.2 Å². The molecule has 0 aliphatic heterocycles. The number of carboxylic acids is 1. The quantitative estimate of drug-likeness (QED) is 0.727. The molecule has 0 radical (unpaired) electrons. The van der Waals surface area contributed by atoms with Crippen molar-refractivity contribution in [2.24, 2.45) is 0 Å². The summed E-state index contributed by atoms with van der Waals surface area (Å²) in [5.74, 6) is 4.41. The van der Waals surface area contributed by atoms with Crippen molar-refractivity contribution in [3.8, 4) is 11.8 Å². The Morgan fingerprint density at radius 1 is 1.25 bits per heavy atom. The van der Waals surface area contributed by atoms with E-state index in [2.05, 4.69) is 21.8 Å². The standard InChI is InChI=1S/C12H8N2O2/c15-12(16)3-1-2-9-4-5-10-11(8-9)14-7-6-13-10/h4-8H,3H2,(H,15,16). The second kappa shape index (κ2) is 4.41. The van der Waals surface area contributed by atoms with Gasteiger partial charge < -0.3 is 5.11 Å². The number of hydrogen-bond donors (Lipinski definition) is 1. The van der Waals surface area contributed by atoms with Crippen LogP contribution in [0, 0.1) is 11.8 Å². The number of fused-ring (bicyclic) bond motifs is 1. The maximum Gasteiger partial charge on any atom is 0.315 e. The summed E-state index contributed by atoms with van der Waals surface area (Å²) in [7, 11) is 0. The summed E-state index contributed by atoms with van der Waals surface area (Å²) >= 11 is 0. The third-order valence-electron chi connectivity index (χ3n) is 1.94. The molecule has 1 aromatic carbocycles. The first-order valence-electron chi connectivity index (χ1n) is 4.67. The highest BCUT2D eigenvalue weighted by atomic mass is 16.4. The first-order chi connectivity index (χ1) is 7.75. The van der Waals surface area contributed by atoms with Gasteiger partial charge in [0.1, 0.15) is 6.42 Å². The van der Waals surface area contributed by atoms with Gasteiger partial charge in [-0.2, -0.15) is 0 Å². The Bertz CT molecular complexity index is 596. The second-order valence-corrected chi connectivity index (χ2v) is 3.13. The smallest absolute Gasteiger partial charge is 0.315 e. The highest BCUT2D eigenvalue weighted by Gasteiger charge is 1.95. The zero-order valence-electron chi connectivity index (χ0n) is 8.34. The fourth-order valence-corrected chi connectivity index (χ4v) is 1.26. The van der Waals surface area contributed by atoms with Gasteiger partial charge in [-0.15, -0.1) is 0 Å². The normalized spacial score (nSPS) is 9.50. The molecule has 0 aliphatic carbocycles. The molecule has 2 rings (SSSR count). The fraction of sp³-hybridized carbons (Fsp3) is 0.0833. The summed E-state index contributed by atoms with van der Waals surface area (Å²) in [6, 6.07) is 5.40. The number of carbonyl (C=O) groups is 1. The van der Waals surface area contributed by atoms with Crippen LogP contribution in [0.1, 0.15) is 12.0 Å². The third-order valence-corrected chi connectivity index (χ3v) is 1.94. The van der Waals surface area contributed by atoms with Crippen LogP contribution in [0.4, 0.5) is 0 Å². The summed E-state index contributed by atoms with van der Waals surface area (Å²) in [5, 5.41) is 8.44. The summed E-state index contributed by atoms with van der Waals surface area (Å²) in [4.78, 5) is 18.5. The molecule has 4 heteroatoms. The van der Waals surface area contributed by atoms with E-state index in [-0.39, 0.29) is 6.42 Å². The molecule has 4 nitrogen and oxygen atoms in total. The zero-order chi connectivity index (χ0) is 11.4. The molecule has 0 fully saturated rings. The molecule has 2 aromatic rings. The largest absolute Gasteiger partial charge is 0.481 e. The van der Waals surface area contributed by atoms with Crippen molar-refractivity contribution in [1.82, 2.24) is 9.97 Å². The molecule has 1 heterocycles. The Balaban J connectivity index is 2.31. The van der Waals surface area contributed by atoms with E-state index in [0.717, 1.165) is 16.6 Å². The van der Waals surface area contributed by atoms with Crippen LogP contribution in [0.2, 0.25) is 0 Å². The molecule has 0 atom stereocenters. The van der Waals surface area contributed by atoms with Crippen molar-refractivity contribution in [3.63, 3.8) is 0 Å². The molecular weight excluding hydrogens is 204 g/mol. The minimum absolute atomic E-state index is 0.154. The van der Waals surface area contributed by atoms with Crippen molar-refractivity contribution in [3.05, 3.63) is 36.2 Å². The van der Waals surface area contributed by atoms with E-state index < -0.39 is 5.97 Å². The van der Waals surface area contributed by atoms with Gasteiger partial charge in [0, 0.05) is 18.0 Å². The second-order valence-electron chi connectivity index (χ2n) is 3.13. The molecule has 0 amide bonds. The minimum atomic E-state index is -0.923. The molecule has 0 bridgehead atoms. The van der Waals surface area contributed by atoms with Crippen LogP contribution in [0.25, 0.3) is 11.0 Å². The van der Waals surface area contributed by atoms with Gasteiger partial charge >= 0.3 is 5.97 Å². The number of benzene rings is 1. The Kier molecular flexibility index (Phi) is 2.79. The maximum atomic E-state index is 10.3. The lowest BCUT2D eigenvalue weighted by atomic mass is 10.2. The number of aliphatic carboxylic acids is 1. The fourth-order valence-electron chi connectivity index (χ4n) is 1.26. The molecular formula is C12H8N2O2. The molecule has 0 aliphatic rings. The lowest BCUT2D eigenvalue weighted by molar-refractivity contribution is -0.135. The Labute approximate surface area is 92.0 Å². The van der Waals surface area contributed by atoms with E-state index in [9.17, 15) is 4.79 Å². The number of aromatic nitrogens is 2. The van der Waals surface area contributed by atoms with Crippen LogP contribution >= 0.6 is 0 Å². The predicted octanol–water partition coefficient (Wildman–Crippen LogP) is 1.46. The van der Waals surface area contributed by atoms with Gasteiger partial charge in [-0.3, -0.25) is 14.8 Å². The summed E-state index contributed by atoms with van der Waals surface area (Å²) in [6.07, 6.45) is 3.08. The first kappa shape index (κ1) is 10.1. The Hall–Kier alpha value is -2.41. The van der Waals surface area contributed by atoms with Crippen molar-refractivity contribution in [2.75, 3.05) is 0 Å². The number of rotatable bonds is 1. The highest BCUT2D eigenvalue weighted by Crippen LogP contribution is 2.09. The van der Waals surface area contributed by atoms with E-state index in [1.807, 2.05) is 6.07 Å². The zero-order valence-corrected chi connectivity index (χ0v) is 8.34. The summed E-state index contributed by atoms with van der Waals surface area (Å²) in [5.41, 5.74) is 2.30. The van der Waals surface area contributed by atoms with Crippen LogP contribution in [-0.4, -0.2) is 21.0 Å². The maximum absolute atomic E-state index is 10.3. The van der Waals surface area contributed by atoms with Crippen LogP contribution in [-0.2, 0) is 4.79 Å². The van der Waals surface area contributed by atoms with Crippen LogP contribution in [0.3, 0.4) is 0 Å². The SMILES string of the molecule is O=C(O)CC#Cc1ccc2nccnc2c1. The molecule has 0 saturated carbocycles. The molecule has 0 saturated heterocycles. The predicted molar refractivity (Wildman–Crippen MR) is 58.7 cm³/mol. The van der Waals surface area contributed by atoms with Gasteiger partial charge in [0.2, 0.25) is 0 Å². The first-order valence-corrected chi connectivity index (χ1v) is 4.67. The average molecular weight is 212 g/mol. The van der Waals surface area contributed by atoms with Gasteiger partial charge in [-0.25, -0.2) is 0 Å². The van der Waals surface area contributed by atoms with Crippen LogP contribution in [0.5, 0.6) is 0 Å². The number of carboxylic acid groups (broad SMARTS) is 1. The number of nitrogens with zero attached hydrogens (tertiary/aromatic N) is 2. The summed E-state index contributed by atoms with van der Waals surface area (Å²) < 4.78 is 0. The van der Waals surface area contributed by atoms with E-state index >= 15 is 0 Å². The molecule has 1 aromatic heterocycles. The molecule has 78 valence electrons. The van der Waals surface area contributed by atoms with Gasteiger partial charge in [0.05, 0.1) is 11.0 Å². The van der Waals surface area contributed by atoms with Crippen molar-refractivity contribution in [2.45, 2.75) is 6.42 Å². The van der Waals surface area contributed by atoms with Crippen molar-refractivity contribution < 1.29 is 9.90 Å². The van der Waals surface area contributed by atoms with Crippen LogP contribution < -0.4 is 0 Å². The van der Waals surface area contributed by atoms with Gasteiger partial charge in [-0.1, -0.05) is 11.8 Å². The molecule has 16 heavy (non-hydrogen) atoms. The minimum Gasteiger partial charge on any atom is -0.481 e. The van der Waals surface area contributed by atoms with E-state index in [0.29, 0.717) is 0 Å². The third kappa shape index (κ3) is 2.34. The highest BCUT2D eigenvalue weighted by molar-refractivity contribution is 5.76. The lowest BCUT2D eigenvalue weighted by Gasteiger charge is -1.95. The topological polar surface area (TPSA) is 63.1 Å². The lowest BCUT2D eigenvalue weighted by Crippen LogP contribution is -1.90. The van der Waals surface area contributed by atoms with Crippen LogP contribution in [0.15, 0.2) is 30.6 Å².